The van der Waals surface area contributed by atoms with Crippen LogP contribution in [-0.4, -0.2) is 31.6 Å². The molecule has 2 aliphatic rings. The molecule has 14 heavy (non-hydrogen) atoms. The summed E-state index contributed by atoms with van der Waals surface area (Å²) in [5.41, 5.74) is -0.634. The summed E-state index contributed by atoms with van der Waals surface area (Å²) < 4.78 is 16.0. The molecule has 3 atom stereocenters. The smallest absolute Gasteiger partial charge is 0.316 e. The van der Waals surface area contributed by atoms with E-state index in [0.717, 1.165) is 12.8 Å². The fraction of sp³-hybridized carbons (Fsp3) is 0.900. The molecule has 0 spiro atoms. The summed E-state index contributed by atoms with van der Waals surface area (Å²) in [6, 6.07) is 0. The van der Waals surface area contributed by atoms with Crippen molar-refractivity contribution in [1.82, 2.24) is 0 Å². The van der Waals surface area contributed by atoms with E-state index in [1.54, 1.807) is 0 Å². The molecule has 2 rings (SSSR count). The molecule has 2 bridgehead atoms. The van der Waals surface area contributed by atoms with Crippen LogP contribution in [0.5, 0.6) is 0 Å². The molecule has 2 heterocycles. The Kier molecular flexibility index (Phi) is 2.08. The second-order valence-electron chi connectivity index (χ2n) is 4.48. The molecule has 2 fully saturated rings. The molecule has 4 heteroatoms. The summed E-state index contributed by atoms with van der Waals surface area (Å²) in [5.74, 6) is -0.718. The Morgan fingerprint density at radius 1 is 1.50 bits per heavy atom. The molecule has 80 valence electrons. The Labute approximate surface area is 83.5 Å². The Hall–Kier alpha value is -0.610. The zero-order valence-electron chi connectivity index (χ0n) is 8.83. The molecule has 0 radical (unpaired) electrons. The van der Waals surface area contributed by atoms with Gasteiger partial charge in [0, 0.05) is 6.42 Å². The lowest BCUT2D eigenvalue weighted by atomic mass is 9.84. The average molecular weight is 200 g/mol. The van der Waals surface area contributed by atoms with Gasteiger partial charge in [0.2, 0.25) is 0 Å². The number of esters is 1. The van der Waals surface area contributed by atoms with Crippen LogP contribution < -0.4 is 0 Å². The number of ether oxygens (including phenoxy) is 3. The van der Waals surface area contributed by atoms with Crippen LogP contribution in [0.1, 0.15) is 26.7 Å². The molecule has 4 nitrogen and oxygen atoms in total. The van der Waals surface area contributed by atoms with Crippen molar-refractivity contribution in [3.05, 3.63) is 0 Å². The highest BCUT2D eigenvalue weighted by Gasteiger charge is 2.55. The molecule has 0 aromatic rings. The fourth-order valence-corrected chi connectivity index (χ4v) is 2.19. The predicted octanol–water partition coefficient (Wildman–Crippen LogP) is 1.09. The van der Waals surface area contributed by atoms with Crippen LogP contribution in [0.4, 0.5) is 0 Å². The topological polar surface area (TPSA) is 44.8 Å². The van der Waals surface area contributed by atoms with Gasteiger partial charge in [-0.05, 0) is 20.3 Å². The Balaban J connectivity index is 2.20. The minimum atomic E-state index is -0.634. The molecular weight excluding hydrogens is 184 g/mol. The first kappa shape index (κ1) is 9.93. The normalized spacial score (nSPS) is 46.4. The second-order valence-corrected chi connectivity index (χ2v) is 4.48. The van der Waals surface area contributed by atoms with Crippen LogP contribution in [0.25, 0.3) is 0 Å². The van der Waals surface area contributed by atoms with Crippen LogP contribution in [-0.2, 0) is 19.0 Å². The largest absolute Gasteiger partial charge is 0.468 e. The molecule has 0 saturated carbocycles. The van der Waals surface area contributed by atoms with E-state index in [1.807, 2.05) is 13.8 Å². The van der Waals surface area contributed by atoms with Crippen LogP contribution >= 0.6 is 0 Å². The number of methoxy groups -OCH3 is 1. The minimum absolute atomic E-state index is 0.0614. The standard InChI is InChI=1S/C10H16O4/c1-9(8(11)12-3)6-13-10(2)5-4-7(9)14-10/h7H,4-6H2,1-3H3/t7-,9+,10+/m0/s1. The van der Waals surface area contributed by atoms with Gasteiger partial charge >= 0.3 is 5.97 Å². The van der Waals surface area contributed by atoms with Gasteiger partial charge in [0.1, 0.15) is 5.41 Å². The van der Waals surface area contributed by atoms with Gasteiger partial charge in [0.15, 0.2) is 5.79 Å². The van der Waals surface area contributed by atoms with Crippen molar-refractivity contribution < 1.29 is 19.0 Å². The predicted molar refractivity (Wildman–Crippen MR) is 48.6 cm³/mol. The van der Waals surface area contributed by atoms with E-state index in [1.165, 1.54) is 7.11 Å². The maximum atomic E-state index is 11.6. The quantitative estimate of drug-likeness (QED) is 0.594. The molecule has 0 aromatic heterocycles. The first-order chi connectivity index (χ1) is 6.50. The zero-order chi connectivity index (χ0) is 10.4. The maximum Gasteiger partial charge on any atom is 0.316 e. The van der Waals surface area contributed by atoms with Gasteiger partial charge in [-0.3, -0.25) is 4.79 Å². The average Bonchev–Trinajstić information content (AvgIpc) is 2.52. The van der Waals surface area contributed by atoms with Crippen molar-refractivity contribution in [1.29, 1.82) is 0 Å². The van der Waals surface area contributed by atoms with Gasteiger partial charge in [-0.25, -0.2) is 0 Å². The highest BCUT2D eigenvalue weighted by molar-refractivity contribution is 5.77. The van der Waals surface area contributed by atoms with E-state index in [-0.39, 0.29) is 12.1 Å². The van der Waals surface area contributed by atoms with Crippen molar-refractivity contribution in [2.45, 2.75) is 38.6 Å². The third kappa shape index (κ3) is 1.25. The molecule has 2 saturated heterocycles. The molecular formula is C10H16O4. The lowest BCUT2D eigenvalue weighted by Crippen LogP contribution is -2.51. The second kappa shape index (κ2) is 2.94. The van der Waals surface area contributed by atoms with E-state index < -0.39 is 11.2 Å². The van der Waals surface area contributed by atoms with Gasteiger partial charge in [0.25, 0.3) is 0 Å². The maximum absolute atomic E-state index is 11.6. The number of carbonyl (C=O) groups is 1. The Bertz CT molecular complexity index is 265. The summed E-state index contributed by atoms with van der Waals surface area (Å²) in [7, 11) is 1.40. The summed E-state index contributed by atoms with van der Waals surface area (Å²) >= 11 is 0. The SMILES string of the molecule is COC(=O)[C@]1(C)CO[C@@]2(C)CC[C@@H]1O2. The molecule has 0 N–H and O–H groups in total. The summed E-state index contributed by atoms with van der Waals surface area (Å²) in [6.07, 6.45) is 1.65. The number of hydrogen-bond donors (Lipinski definition) is 0. The lowest BCUT2D eigenvalue weighted by molar-refractivity contribution is -0.286. The van der Waals surface area contributed by atoms with E-state index in [0.29, 0.717) is 6.61 Å². The van der Waals surface area contributed by atoms with Crippen molar-refractivity contribution in [3.8, 4) is 0 Å². The highest BCUT2D eigenvalue weighted by atomic mass is 16.7. The van der Waals surface area contributed by atoms with Crippen molar-refractivity contribution in [2.24, 2.45) is 5.41 Å². The number of rotatable bonds is 1. The molecule has 0 aromatic carbocycles. The third-order valence-corrected chi connectivity index (χ3v) is 3.29. The van der Waals surface area contributed by atoms with Crippen molar-refractivity contribution >= 4 is 5.97 Å². The molecule has 0 unspecified atom stereocenters. The lowest BCUT2D eigenvalue weighted by Gasteiger charge is -2.40. The summed E-state index contributed by atoms with van der Waals surface area (Å²) in [5, 5.41) is 0. The van der Waals surface area contributed by atoms with Crippen LogP contribution in [0.3, 0.4) is 0 Å². The van der Waals surface area contributed by atoms with Gasteiger partial charge < -0.3 is 14.2 Å². The summed E-state index contributed by atoms with van der Waals surface area (Å²) in [6.45, 7) is 4.15. The van der Waals surface area contributed by atoms with E-state index in [9.17, 15) is 4.79 Å². The Morgan fingerprint density at radius 3 is 2.86 bits per heavy atom. The van der Waals surface area contributed by atoms with Crippen molar-refractivity contribution in [3.63, 3.8) is 0 Å². The summed E-state index contributed by atoms with van der Waals surface area (Å²) in [4.78, 5) is 11.6. The first-order valence-electron chi connectivity index (χ1n) is 4.90. The molecule has 0 amide bonds. The van der Waals surface area contributed by atoms with Gasteiger partial charge in [-0.2, -0.15) is 0 Å². The van der Waals surface area contributed by atoms with E-state index >= 15 is 0 Å². The van der Waals surface area contributed by atoms with Crippen LogP contribution in [0.2, 0.25) is 0 Å². The monoisotopic (exact) mass is 200 g/mol. The number of carbonyl (C=O) groups excluding carboxylic acids is 1. The van der Waals surface area contributed by atoms with Crippen molar-refractivity contribution in [2.75, 3.05) is 13.7 Å². The number of hydrogen-bond acceptors (Lipinski definition) is 4. The minimum Gasteiger partial charge on any atom is -0.468 e. The van der Waals surface area contributed by atoms with Gasteiger partial charge in [0.05, 0.1) is 19.8 Å². The first-order valence-corrected chi connectivity index (χ1v) is 4.90. The van der Waals surface area contributed by atoms with Crippen LogP contribution in [0.15, 0.2) is 0 Å². The Morgan fingerprint density at radius 2 is 2.21 bits per heavy atom. The van der Waals surface area contributed by atoms with Gasteiger partial charge in [-0.1, -0.05) is 0 Å². The fourth-order valence-electron chi connectivity index (χ4n) is 2.19. The molecule has 2 aliphatic heterocycles. The zero-order valence-corrected chi connectivity index (χ0v) is 8.83. The highest BCUT2D eigenvalue weighted by Crippen LogP contribution is 2.45. The van der Waals surface area contributed by atoms with E-state index in [2.05, 4.69) is 0 Å². The van der Waals surface area contributed by atoms with Gasteiger partial charge in [-0.15, -0.1) is 0 Å². The van der Waals surface area contributed by atoms with E-state index in [4.69, 9.17) is 14.2 Å². The number of fused-ring (bicyclic) bond motifs is 2. The molecule has 0 aliphatic carbocycles. The van der Waals surface area contributed by atoms with Crippen LogP contribution in [0, 0.1) is 5.41 Å². The third-order valence-electron chi connectivity index (χ3n) is 3.29.